The molecule has 0 spiro atoms. The van der Waals surface area contributed by atoms with E-state index in [1.54, 1.807) is 0 Å². The largest absolute Gasteiger partial charge is 0.446 e. The number of hydrogen-bond acceptors (Lipinski definition) is 2. The summed E-state index contributed by atoms with van der Waals surface area (Å²) in [5.74, 6) is 0.0903. The first kappa shape index (κ1) is 12.9. The molecule has 1 aromatic carbocycles. The Morgan fingerprint density at radius 3 is 2.61 bits per heavy atom. The van der Waals surface area contributed by atoms with Crippen LogP contribution in [0, 0.1) is 11.7 Å². The molecule has 0 unspecified atom stereocenters. The number of carbonyl (C=O) groups excluding carboxylic acids is 1. The third kappa shape index (κ3) is 3.45. The minimum absolute atomic E-state index is 0.000742. The van der Waals surface area contributed by atoms with E-state index in [0.29, 0.717) is 11.6 Å². The van der Waals surface area contributed by atoms with Crippen molar-refractivity contribution in [2.45, 2.75) is 38.7 Å². The van der Waals surface area contributed by atoms with Crippen molar-refractivity contribution in [3.05, 3.63) is 30.1 Å². The lowest BCUT2D eigenvalue weighted by molar-refractivity contribution is 0.0524. The summed E-state index contributed by atoms with van der Waals surface area (Å²) in [7, 11) is 0. The second kappa shape index (κ2) is 5.85. The summed E-state index contributed by atoms with van der Waals surface area (Å²) >= 11 is 0. The van der Waals surface area contributed by atoms with Gasteiger partial charge in [-0.2, -0.15) is 0 Å². The molecule has 3 nitrogen and oxygen atoms in total. The zero-order valence-electron chi connectivity index (χ0n) is 10.5. The predicted octanol–water partition coefficient (Wildman–Crippen LogP) is 3.95. The van der Waals surface area contributed by atoms with Crippen LogP contribution in [-0.4, -0.2) is 12.2 Å². The monoisotopic (exact) mass is 251 g/mol. The zero-order valence-corrected chi connectivity index (χ0v) is 10.5. The van der Waals surface area contributed by atoms with Crippen LogP contribution in [0.25, 0.3) is 0 Å². The van der Waals surface area contributed by atoms with Crippen molar-refractivity contribution in [2.24, 2.45) is 5.92 Å². The van der Waals surface area contributed by atoms with Gasteiger partial charge >= 0.3 is 6.09 Å². The number of anilines is 1. The zero-order chi connectivity index (χ0) is 13.0. The van der Waals surface area contributed by atoms with E-state index in [-0.39, 0.29) is 11.9 Å². The second-order valence-electron chi connectivity index (χ2n) is 4.84. The Labute approximate surface area is 106 Å². The molecule has 1 fully saturated rings. The fourth-order valence-electron chi connectivity index (χ4n) is 2.28. The molecule has 2 rings (SSSR count). The van der Waals surface area contributed by atoms with Gasteiger partial charge in [-0.25, -0.2) is 9.18 Å². The van der Waals surface area contributed by atoms with Gasteiger partial charge in [0.25, 0.3) is 0 Å². The highest BCUT2D eigenvalue weighted by Crippen LogP contribution is 2.26. The van der Waals surface area contributed by atoms with E-state index in [0.717, 1.165) is 19.3 Å². The normalized spacial score (nSPS) is 23.4. The number of nitrogens with one attached hydrogen (secondary N) is 1. The van der Waals surface area contributed by atoms with Crippen molar-refractivity contribution in [1.82, 2.24) is 0 Å². The number of benzene rings is 1. The number of amides is 1. The molecule has 0 bridgehead atoms. The lowest BCUT2D eigenvalue weighted by Gasteiger charge is -2.28. The molecule has 1 saturated carbocycles. The highest BCUT2D eigenvalue weighted by atomic mass is 19.1. The SMILES string of the molecule is C[C@H]1CCCC[C@H]1OC(=O)Nc1ccc(F)cc1. The van der Waals surface area contributed by atoms with Gasteiger partial charge in [0.2, 0.25) is 0 Å². The predicted molar refractivity (Wildman–Crippen MR) is 67.9 cm³/mol. The van der Waals surface area contributed by atoms with Crippen LogP contribution < -0.4 is 5.32 Å². The third-order valence-electron chi connectivity index (χ3n) is 3.38. The van der Waals surface area contributed by atoms with Gasteiger partial charge in [0.05, 0.1) is 0 Å². The molecule has 4 heteroatoms. The van der Waals surface area contributed by atoms with E-state index >= 15 is 0 Å². The fraction of sp³-hybridized carbons (Fsp3) is 0.500. The Morgan fingerprint density at radius 1 is 1.28 bits per heavy atom. The smallest absolute Gasteiger partial charge is 0.411 e. The second-order valence-corrected chi connectivity index (χ2v) is 4.84. The first-order valence-electron chi connectivity index (χ1n) is 6.38. The van der Waals surface area contributed by atoms with Gasteiger partial charge in [-0.1, -0.05) is 13.3 Å². The molecule has 1 aromatic rings. The van der Waals surface area contributed by atoms with Gasteiger partial charge in [-0.15, -0.1) is 0 Å². The molecule has 98 valence electrons. The molecule has 1 amide bonds. The average Bonchev–Trinajstić information content (AvgIpc) is 2.35. The number of carbonyl (C=O) groups is 1. The van der Waals surface area contributed by atoms with E-state index in [4.69, 9.17) is 4.74 Å². The Morgan fingerprint density at radius 2 is 1.94 bits per heavy atom. The van der Waals surface area contributed by atoms with E-state index in [1.807, 2.05) is 0 Å². The summed E-state index contributed by atoms with van der Waals surface area (Å²) in [6.07, 6.45) is 3.89. The maximum absolute atomic E-state index is 12.7. The highest BCUT2D eigenvalue weighted by Gasteiger charge is 2.24. The summed E-state index contributed by atoms with van der Waals surface area (Å²) in [4.78, 5) is 11.7. The molecule has 2 atom stereocenters. The Hall–Kier alpha value is -1.58. The van der Waals surface area contributed by atoms with Crippen molar-refractivity contribution in [2.75, 3.05) is 5.32 Å². The summed E-state index contributed by atoms with van der Waals surface area (Å²) in [5, 5.41) is 2.61. The van der Waals surface area contributed by atoms with Gasteiger partial charge in [0.1, 0.15) is 11.9 Å². The van der Waals surface area contributed by atoms with Crippen LogP contribution in [0.2, 0.25) is 0 Å². The van der Waals surface area contributed by atoms with Crippen LogP contribution in [-0.2, 0) is 4.74 Å². The Balaban J connectivity index is 1.86. The Kier molecular flexibility index (Phi) is 4.18. The van der Waals surface area contributed by atoms with Gasteiger partial charge in [-0.05, 0) is 49.4 Å². The molecule has 0 saturated heterocycles. The number of ether oxygens (including phenoxy) is 1. The highest BCUT2D eigenvalue weighted by molar-refractivity contribution is 5.84. The van der Waals surface area contributed by atoms with Crippen LogP contribution >= 0.6 is 0 Å². The summed E-state index contributed by atoms with van der Waals surface area (Å²) in [6.45, 7) is 2.11. The van der Waals surface area contributed by atoms with Crippen LogP contribution in [0.5, 0.6) is 0 Å². The van der Waals surface area contributed by atoms with Crippen molar-refractivity contribution in [1.29, 1.82) is 0 Å². The van der Waals surface area contributed by atoms with Crippen LogP contribution in [0.15, 0.2) is 24.3 Å². The molecule has 0 aliphatic heterocycles. The minimum Gasteiger partial charge on any atom is -0.446 e. The van der Waals surface area contributed by atoms with Gasteiger partial charge in [0, 0.05) is 5.69 Å². The molecule has 0 heterocycles. The molecule has 1 aliphatic rings. The van der Waals surface area contributed by atoms with Crippen molar-refractivity contribution in [3.63, 3.8) is 0 Å². The third-order valence-corrected chi connectivity index (χ3v) is 3.38. The van der Waals surface area contributed by atoms with E-state index < -0.39 is 6.09 Å². The standard InChI is InChI=1S/C14H18FNO2/c1-10-4-2-3-5-13(10)18-14(17)16-12-8-6-11(15)7-9-12/h6-10,13H,2-5H2,1H3,(H,16,17)/t10-,13+/m0/s1. The van der Waals surface area contributed by atoms with Crippen LogP contribution in [0.4, 0.5) is 14.9 Å². The summed E-state index contributed by atoms with van der Waals surface area (Å²) in [6, 6.07) is 5.64. The average molecular weight is 251 g/mol. The van der Waals surface area contributed by atoms with Gasteiger partial charge in [0.15, 0.2) is 0 Å². The van der Waals surface area contributed by atoms with Crippen LogP contribution in [0.1, 0.15) is 32.6 Å². The molecular weight excluding hydrogens is 233 g/mol. The fourth-order valence-corrected chi connectivity index (χ4v) is 2.28. The summed E-state index contributed by atoms with van der Waals surface area (Å²) in [5.41, 5.74) is 0.546. The van der Waals surface area contributed by atoms with Crippen molar-refractivity contribution < 1.29 is 13.9 Å². The maximum atomic E-state index is 12.7. The van der Waals surface area contributed by atoms with Gasteiger partial charge < -0.3 is 4.74 Å². The summed E-state index contributed by atoms with van der Waals surface area (Å²) < 4.78 is 18.1. The number of hydrogen-bond donors (Lipinski definition) is 1. The first-order chi connectivity index (χ1) is 8.65. The van der Waals surface area contributed by atoms with E-state index in [1.165, 1.54) is 30.7 Å². The quantitative estimate of drug-likeness (QED) is 0.864. The minimum atomic E-state index is -0.458. The topological polar surface area (TPSA) is 38.3 Å². The van der Waals surface area contributed by atoms with Crippen molar-refractivity contribution in [3.8, 4) is 0 Å². The van der Waals surface area contributed by atoms with Crippen LogP contribution in [0.3, 0.4) is 0 Å². The molecule has 1 N–H and O–H groups in total. The molecular formula is C14H18FNO2. The molecule has 1 aliphatic carbocycles. The number of halogens is 1. The van der Waals surface area contributed by atoms with E-state index in [9.17, 15) is 9.18 Å². The Bertz CT molecular complexity index is 405. The lowest BCUT2D eigenvalue weighted by Crippen LogP contribution is -2.30. The molecule has 18 heavy (non-hydrogen) atoms. The lowest BCUT2D eigenvalue weighted by atomic mass is 9.88. The van der Waals surface area contributed by atoms with Gasteiger partial charge in [-0.3, -0.25) is 5.32 Å². The maximum Gasteiger partial charge on any atom is 0.411 e. The molecule has 0 radical (unpaired) electrons. The van der Waals surface area contributed by atoms with Crippen molar-refractivity contribution >= 4 is 11.8 Å². The molecule has 0 aromatic heterocycles. The first-order valence-corrected chi connectivity index (χ1v) is 6.38. The number of rotatable bonds is 2. The van der Waals surface area contributed by atoms with E-state index in [2.05, 4.69) is 12.2 Å².